The number of hydrogen-bond acceptors (Lipinski definition) is 1. The van der Waals surface area contributed by atoms with Crippen molar-refractivity contribution in [1.29, 1.82) is 0 Å². The standard InChI is InChI=1S/C23H19ClN2O/c24-18-10-4-1-7-14(18)17-13-25-22(16-9-3-6-12-20(16)27)23-21(17)15-8-2-5-11-19(15)26-23/h1-12,17,22,25-27H,13H2/p+1/t17-,22-/m1/s1. The molecule has 0 radical (unpaired) electrons. The molecule has 27 heavy (non-hydrogen) atoms. The average molecular weight is 376 g/mol. The Labute approximate surface area is 162 Å². The highest BCUT2D eigenvalue weighted by Crippen LogP contribution is 2.41. The highest BCUT2D eigenvalue weighted by atomic mass is 35.5. The Hall–Kier alpha value is -2.75. The van der Waals surface area contributed by atoms with Crippen molar-refractivity contribution in [2.24, 2.45) is 0 Å². The summed E-state index contributed by atoms with van der Waals surface area (Å²) in [5, 5.41) is 14.8. The number of rotatable bonds is 2. The number of benzene rings is 3. The Morgan fingerprint density at radius 1 is 0.889 bits per heavy atom. The number of phenols is 1. The Bertz CT molecular complexity index is 1130. The summed E-state index contributed by atoms with van der Waals surface area (Å²) in [4.78, 5) is 3.63. The van der Waals surface area contributed by atoms with Crippen LogP contribution in [0.15, 0.2) is 72.8 Å². The van der Waals surface area contributed by atoms with E-state index in [0.29, 0.717) is 5.75 Å². The van der Waals surface area contributed by atoms with Crippen LogP contribution in [-0.4, -0.2) is 16.6 Å². The second-order valence-corrected chi connectivity index (χ2v) is 7.49. The van der Waals surface area contributed by atoms with Gasteiger partial charge in [-0.25, -0.2) is 0 Å². The van der Waals surface area contributed by atoms with Crippen LogP contribution >= 0.6 is 11.6 Å². The van der Waals surface area contributed by atoms with E-state index in [4.69, 9.17) is 11.6 Å². The zero-order valence-electron chi connectivity index (χ0n) is 14.7. The van der Waals surface area contributed by atoms with Crippen LogP contribution in [0.25, 0.3) is 10.9 Å². The predicted octanol–water partition coefficient (Wildman–Crippen LogP) is 4.33. The molecule has 4 heteroatoms. The minimum absolute atomic E-state index is 0.0346. The Morgan fingerprint density at radius 3 is 2.41 bits per heavy atom. The maximum Gasteiger partial charge on any atom is 0.156 e. The lowest BCUT2D eigenvalue weighted by atomic mass is 9.83. The van der Waals surface area contributed by atoms with E-state index >= 15 is 0 Å². The predicted molar refractivity (Wildman–Crippen MR) is 108 cm³/mol. The lowest BCUT2D eigenvalue weighted by molar-refractivity contribution is -0.692. The third kappa shape index (κ3) is 2.62. The van der Waals surface area contributed by atoms with Gasteiger partial charge >= 0.3 is 0 Å². The number of nitrogens with one attached hydrogen (secondary N) is 1. The molecule has 0 unspecified atom stereocenters. The summed E-state index contributed by atoms with van der Waals surface area (Å²) < 4.78 is 0. The summed E-state index contributed by atoms with van der Waals surface area (Å²) >= 11 is 6.56. The molecular formula is C23H20ClN2O+. The fourth-order valence-electron chi connectivity index (χ4n) is 4.39. The molecule has 0 aliphatic carbocycles. The van der Waals surface area contributed by atoms with Gasteiger partial charge in [0.15, 0.2) is 6.04 Å². The molecule has 0 saturated carbocycles. The molecule has 1 aromatic heterocycles. The van der Waals surface area contributed by atoms with Gasteiger partial charge in [0.1, 0.15) is 5.75 Å². The molecule has 1 aliphatic heterocycles. The molecule has 2 heterocycles. The molecule has 0 amide bonds. The molecule has 5 rings (SSSR count). The number of H-pyrrole nitrogens is 1. The molecule has 0 bridgehead atoms. The molecule has 0 saturated heterocycles. The fourth-order valence-corrected chi connectivity index (χ4v) is 4.65. The van der Waals surface area contributed by atoms with Gasteiger partial charge in [-0.1, -0.05) is 60.1 Å². The molecule has 0 fully saturated rings. The van der Waals surface area contributed by atoms with Gasteiger partial charge in [-0.3, -0.25) is 0 Å². The van der Waals surface area contributed by atoms with E-state index in [-0.39, 0.29) is 12.0 Å². The number of phenolic OH excluding ortho intramolecular Hbond substituents is 1. The number of fused-ring (bicyclic) bond motifs is 3. The first kappa shape index (κ1) is 16.4. The van der Waals surface area contributed by atoms with Crippen LogP contribution in [0.3, 0.4) is 0 Å². The number of aromatic amines is 1. The van der Waals surface area contributed by atoms with Crippen LogP contribution in [0, 0.1) is 0 Å². The zero-order valence-corrected chi connectivity index (χ0v) is 15.4. The summed E-state index contributed by atoms with van der Waals surface area (Å²) in [5.74, 6) is 0.534. The first-order valence-corrected chi connectivity index (χ1v) is 9.58. The molecule has 1 aliphatic rings. The number of quaternary nitrogens is 1. The maximum absolute atomic E-state index is 10.4. The number of nitrogens with two attached hydrogens (primary N) is 1. The summed E-state index contributed by atoms with van der Waals surface area (Å²) in [6, 6.07) is 24.1. The average Bonchev–Trinajstić information content (AvgIpc) is 3.08. The van der Waals surface area contributed by atoms with Gasteiger partial charge < -0.3 is 15.4 Å². The number of para-hydroxylation sites is 2. The van der Waals surface area contributed by atoms with E-state index in [9.17, 15) is 5.11 Å². The minimum Gasteiger partial charge on any atom is -0.507 e. The number of aromatic nitrogens is 1. The fraction of sp³-hybridized carbons (Fsp3) is 0.130. The van der Waals surface area contributed by atoms with Crippen molar-refractivity contribution in [3.8, 4) is 5.75 Å². The van der Waals surface area contributed by atoms with E-state index in [1.807, 2.05) is 42.5 Å². The van der Waals surface area contributed by atoms with Gasteiger partial charge in [0.05, 0.1) is 23.7 Å². The van der Waals surface area contributed by atoms with Gasteiger partial charge in [-0.05, 0) is 29.8 Å². The van der Waals surface area contributed by atoms with Gasteiger partial charge in [0.2, 0.25) is 0 Å². The topological polar surface area (TPSA) is 52.6 Å². The quantitative estimate of drug-likeness (QED) is 0.480. The third-order valence-electron chi connectivity index (χ3n) is 5.60. The molecular weight excluding hydrogens is 356 g/mol. The van der Waals surface area contributed by atoms with Crippen LogP contribution < -0.4 is 5.32 Å². The second-order valence-electron chi connectivity index (χ2n) is 7.08. The normalized spacial score (nSPS) is 19.1. The van der Waals surface area contributed by atoms with Gasteiger partial charge in [-0.2, -0.15) is 0 Å². The summed E-state index contributed by atoms with van der Waals surface area (Å²) in [5.41, 5.74) is 5.64. The maximum atomic E-state index is 10.4. The first-order valence-electron chi connectivity index (χ1n) is 9.20. The minimum atomic E-state index is 0.0346. The molecule has 4 aromatic rings. The van der Waals surface area contributed by atoms with Crippen molar-refractivity contribution in [2.45, 2.75) is 12.0 Å². The number of hydrogen-bond donors (Lipinski definition) is 3. The van der Waals surface area contributed by atoms with Crippen molar-refractivity contribution in [3.63, 3.8) is 0 Å². The highest BCUT2D eigenvalue weighted by molar-refractivity contribution is 6.31. The van der Waals surface area contributed by atoms with E-state index in [1.54, 1.807) is 6.07 Å². The monoisotopic (exact) mass is 375 g/mol. The van der Waals surface area contributed by atoms with Crippen LogP contribution in [0.2, 0.25) is 5.02 Å². The molecule has 134 valence electrons. The molecule has 4 N–H and O–H groups in total. The van der Waals surface area contributed by atoms with E-state index in [1.165, 1.54) is 10.9 Å². The van der Waals surface area contributed by atoms with Crippen LogP contribution in [0.5, 0.6) is 5.75 Å². The van der Waals surface area contributed by atoms with Crippen LogP contribution in [-0.2, 0) is 0 Å². The summed E-state index contributed by atoms with van der Waals surface area (Å²) in [6.45, 7) is 0.873. The Morgan fingerprint density at radius 2 is 1.59 bits per heavy atom. The van der Waals surface area contributed by atoms with Crippen molar-refractivity contribution in [1.82, 2.24) is 4.98 Å². The highest BCUT2D eigenvalue weighted by Gasteiger charge is 2.37. The smallest absolute Gasteiger partial charge is 0.156 e. The Balaban J connectivity index is 1.75. The summed E-state index contributed by atoms with van der Waals surface area (Å²) in [7, 11) is 0. The van der Waals surface area contributed by atoms with Crippen molar-refractivity contribution < 1.29 is 10.4 Å². The molecule has 3 nitrogen and oxygen atoms in total. The molecule has 0 spiro atoms. The van der Waals surface area contributed by atoms with Crippen LogP contribution in [0.1, 0.15) is 34.3 Å². The van der Waals surface area contributed by atoms with Crippen molar-refractivity contribution in [3.05, 3.63) is 100 Å². The second kappa shape index (κ2) is 6.45. The van der Waals surface area contributed by atoms with Gasteiger partial charge in [0, 0.05) is 21.5 Å². The van der Waals surface area contributed by atoms with Crippen molar-refractivity contribution >= 4 is 22.5 Å². The number of halogens is 1. The largest absolute Gasteiger partial charge is 0.507 e. The van der Waals surface area contributed by atoms with Gasteiger partial charge in [0.25, 0.3) is 0 Å². The third-order valence-corrected chi connectivity index (χ3v) is 5.94. The zero-order chi connectivity index (χ0) is 18.4. The van der Waals surface area contributed by atoms with Crippen molar-refractivity contribution in [2.75, 3.05) is 6.54 Å². The van der Waals surface area contributed by atoms with E-state index < -0.39 is 0 Å². The van der Waals surface area contributed by atoms with E-state index in [0.717, 1.165) is 33.9 Å². The lowest BCUT2D eigenvalue weighted by Crippen LogP contribution is -2.88. The molecule has 3 aromatic carbocycles. The lowest BCUT2D eigenvalue weighted by Gasteiger charge is -2.29. The van der Waals surface area contributed by atoms with Gasteiger partial charge in [-0.15, -0.1) is 0 Å². The van der Waals surface area contributed by atoms with Crippen LogP contribution in [0.4, 0.5) is 0 Å². The Kier molecular flexibility index (Phi) is 3.92. The first-order chi connectivity index (χ1) is 13.2. The molecule has 2 atom stereocenters. The number of aromatic hydroxyl groups is 1. The van der Waals surface area contributed by atoms with E-state index in [2.05, 4.69) is 34.6 Å². The summed E-state index contributed by atoms with van der Waals surface area (Å²) in [6.07, 6.45) is 0. The SMILES string of the molecule is Oc1ccccc1[C@H]1[NH2+]C[C@H](c2ccccc2Cl)c2c1[nH]c1ccccc21.